The molecule has 0 radical (unpaired) electrons. The predicted octanol–water partition coefficient (Wildman–Crippen LogP) is -0.373. The van der Waals surface area contributed by atoms with Crippen molar-refractivity contribution in [3.8, 4) is 11.4 Å². The molecule has 0 bridgehead atoms. The number of nitrogens with zero attached hydrogens (tertiary/aromatic N) is 2. The molecule has 0 saturated carbocycles. The normalized spacial score (nSPS) is 10.4. The Morgan fingerprint density at radius 1 is 0.750 bits per heavy atom. The Morgan fingerprint density at radius 2 is 1.19 bits per heavy atom. The summed E-state index contributed by atoms with van der Waals surface area (Å²) in [5.41, 5.74) is 11.7. The van der Waals surface area contributed by atoms with Crippen LogP contribution in [0.25, 0.3) is 11.4 Å². The third kappa shape index (κ3) is 2.24. The summed E-state index contributed by atoms with van der Waals surface area (Å²) < 4.78 is 0. The molecule has 4 nitrogen and oxygen atoms in total. The van der Waals surface area contributed by atoms with E-state index in [0.717, 1.165) is 35.6 Å². The lowest BCUT2D eigenvalue weighted by Crippen LogP contribution is -2.47. The highest BCUT2D eigenvalue weighted by atomic mass is 14.8. The molecule has 2 aromatic heterocycles. The zero-order valence-corrected chi connectivity index (χ0v) is 9.19. The molecule has 0 aliphatic heterocycles. The summed E-state index contributed by atoms with van der Waals surface area (Å²) in [5.74, 6) is 0. The molecule has 2 rings (SSSR count). The molecule has 0 aromatic carbocycles. The van der Waals surface area contributed by atoms with E-state index in [4.69, 9.17) is 0 Å². The zero-order chi connectivity index (χ0) is 11.4. The molecule has 0 aliphatic rings. The van der Waals surface area contributed by atoms with E-state index in [2.05, 4.69) is 21.4 Å². The van der Waals surface area contributed by atoms with E-state index < -0.39 is 0 Å². The zero-order valence-electron chi connectivity index (χ0n) is 9.19. The van der Waals surface area contributed by atoms with E-state index in [1.54, 1.807) is 0 Å². The first kappa shape index (κ1) is 10.7. The van der Waals surface area contributed by atoms with Crippen LogP contribution >= 0.6 is 0 Å². The lowest BCUT2D eigenvalue weighted by Gasteiger charge is -2.01. The fourth-order valence-electron chi connectivity index (χ4n) is 1.45. The molecule has 2 aromatic rings. The van der Waals surface area contributed by atoms with Gasteiger partial charge < -0.3 is 11.5 Å². The van der Waals surface area contributed by atoms with Crippen LogP contribution in [0.2, 0.25) is 0 Å². The van der Waals surface area contributed by atoms with E-state index in [-0.39, 0.29) is 0 Å². The smallest absolute Gasteiger partial charge is 0.101 e. The van der Waals surface area contributed by atoms with Crippen LogP contribution in [-0.2, 0) is 13.1 Å². The second kappa shape index (κ2) is 4.83. The van der Waals surface area contributed by atoms with E-state index in [0.29, 0.717) is 0 Å². The molecule has 16 heavy (non-hydrogen) atoms. The number of aromatic nitrogens is 2. The summed E-state index contributed by atoms with van der Waals surface area (Å²) in [4.78, 5) is 8.71. The Morgan fingerprint density at radius 3 is 1.44 bits per heavy atom. The van der Waals surface area contributed by atoms with Gasteiger partial charge in [0.2, 0.25) is 0 Å². The van der Waals surface area contributed by atoms with Crippen LogP contribution in [0.4, 0.5) is 0 Å². The van der Waals surface area contributed by atoms with Gasteiger partial charge in [0, 0.05) is 23.5 Å². The Kier molecular flexibility index (Phi) is 3.24. The van der Waals surface area contributed by atoms with Crippen molar-refractivity contribution in [3.05, 3.63) is 47.8 Å². The highest BCUT2D eigenvalue weighted by molar-refractivity contribution is 5.53. The van der Waals surface area contributed by atoms with Crippen molar-refractivity contribution in [2.75, 3.05) is 0 Å². The molecule has 82 valence electrons. The molecule has 4 heteroatoms. The van der Waals surface area contributed by atoms with Gasteiger partial charge in [-0.2, -0.15) is 0 Å². The predicted molar refractivity (Wildman–Crippen MR) is 60.7 cm³/mol. The average Bonchev–Trinajstić information content (AvgIpc) is 2.39. The molecule has 0 aliphatic carbocycles. The van der Waals surface area contributed by atoms with Crippen LogP contribution in [0.3, 0.4) is 0 Å². The van der Waals surface area contributed by atoms with Gasteiger partial charge >= 0.3 is 0 Å². The summed E-state index contributed by atoms with van der Waals surface area (Å²) in [6, 6.07) is 8.03. The minimum Gasteiger partial charge on any atom is -0.354 e. The second-order valence-electron chi connectivity index (χ2n) is 3.60. The number of hydrogen-bond donors (Lipinski definition) is 2. The van der Waals surface area contributed by atoms with Gasteiger partial charge in [-0.25, -0.2) is 0 Å². The highest BCUT2D eigenvalue weighted by Crippen LogP contribution is 2.14. The minimum absolute atomic E-state index is 0.765. The quantitative estimate of drug-likeness (QED) is 0.733. The van der Waals surface area contributed by atoms with Gasteiger partial charge in [0.25, 0.3) is 0 Å². The van der Waals surface area contributed by atoms with E-state index in [9.17, 15) is 0 Å². The molecule has 0 fully saturated rings. The monoisotopic (exact) mass is 216 g/mol. The maximum absolute atomic E-state index is 4.36. The third-order valence-corrected chi connectivity index (χ3v) is 2.49. The molecule has 0 atom stereocenters. The first-order chi connectivity index (χ1) is 7.83. The van der Waals surface area contributed by atoms with E-state index in [1.807, 2.05) is 36.7 Å². The molecule has 2 heterocycles. The van der Waals surface area contributed by atoms with Gasteiger partial charge in [-0.05, 0) is 24.3 Å². The van der Waals surface area contributed by atoms with Gasteiger partial charge in [0.1, 0.15) is 13.1 Å². The van der Waals surface area contributed by atoms with Crippen molar-refractivity contribution in [3.63, 3.8) is 0 Å². The fraction of sp³-hybridized carbons (Fsp3) is 0.167. The Hall–Kier alpha value is -1.78. The molecule has 0 amide bonds. The van der Waals surface area contributed by atoms with Crippen LogP contribution < -0.4 is 11.5 Å². The SMILES string of the molecule is [NH3+]Cc1ccc(-c2ccc(C[NH3+])cn2)nc1. The lowest BCUT2D eigenvalue weighted by atomic mass is 10.2. The van der Waals surface area contributed by atoms with Crippen LogP contribution in [0.1, 0.15) is 11.1 Å². The first-order valence-corrected chi connectivity index (χ1v) is 5.32. The average molecular weight is 216 g/mol. The number of pyridine rings is 2. The molecule has 0 saturated heterocycles. The fourth-order valence-corrected chi connectivity index (χ4v) is 1.45. The minimum atomic E-state index is 0.765. The van der Waals surface area contributed by atoms with Gasteiger partial charge in [-0.1, -0.05) is 0 Å². The maximum atomic E-state index is 4.36. The molecule has 0 unspecified atom stereocenters. The summed E-state index contributed by atoms with van der Waals surface area (Å²) >= 11 is 0. The molecule has 0 spiro atoms. The van der Waals surface area contributed by atoms with Crippen molar-refractivity contribution in [1.29, 1.82) is 0 Å². The van der Waals surface area contributed by atoms with Crippen LogP contribution in [0.5, 0.6) is 0 Å². The largest absolute Gasteiger partial charge is 0.354 e. The molecular formula is C12H16N4+2. The maximum Gasteiger partial charge on any atom is 0.101 e. The van der Waals surface area contributed by atoms with Crippen molar-refractivity contribution in [2.24, 2.45) is 0 Å². The van der Waals surface area contributed by atoms with Gasteiger partial charge in [-0.15, -0.1) is 0 Å². The molecular weight excluding hydrogens is 200 g/mol. The van der Waals surface area contributed by atoms with Crippen molar-refractivity contribution in [1.82, 2.24) is 9.97 Å². The van der Waals surface area contributed by atoms with Crippen LogP contribution in [0, 0.1) is 0 Å². The lowest BCUT2D eigenvalue weighted by molar-refractivity contribution is -0.386. The summed E-state index contributed by atoms with van der Waals surface area (Å²) in [6.07, 6.45) is 3.69. The molecule has 6 N–H and O–H groups in total. The van der Waals surface area contributed by atoms with Crippen molar-refractivity contribution in [2.45, 2.75) is 13.1 Å². The number of quaternary nitrogens is 2. The van der Waals surface area contributed by atoms with Crippen molar-refractivity contribution < 1.29 is 11.5 Å². The summed E-state index contributed by atoms with van der Waals surface area (Å²) in [5, 5.41) is 0. The topological polar surface area (TPSA) is 81.1 Å². The Labute approximate surface area is 94.3 Å². The van der Waals surface area contributed by atoms with Gasteiger partial charge in [0.05, 0.1) is 11.4 Å². The number of rotatable bonds is 3. The second-order valence-corrected chi connectivity index (χ2v) is 3.60. The van der Waals surface area contributed by atoms with Gasteiger partial charge in [0.15, 0.2) is 0 Å². The van der Waals surface area contributed by atoms with Gasteiger partial charge in [-0.3, -0.25) is 9.97 Å². The van der Waals surface area contributed by atoms with Crippen LogP contribution in [-0.4, -0.2) is 9.97 Å². The van der Waals surface area contributed by atoms with Crippen molar-refractivity contribution >= 4 is 0 Å². The third-order valence-electron chi connectivity index (χ3n) is 2.49. The highest BCUT2D eigenvalue weighted by Gasteiger charge is 2.01. The van der Waals surface area contributed by atoms with Crippen LogP contribution in [0.15, 0.2) is 36.7 Å². The summed E-state index contributed by atoms with van der Waals surface area (Å²) in [7, 11) is 0. The Balaban J connectivity index is 2.28. The first-order valence-electron chi connectivity index (χ1n) is 5.32. The van der Waals surface area contributed by atoms with E-state index >= 15 is 0 Å². The Bertz CT molecular complexity index is 402. The standard InChI is InChI=1S/C12H14N4/c13-5-9-1-3-11(15-7-9)12-4-2-10(6-14)8-16-12/h1-4,7-8H,5-6,13-14H2/p+2. The number of hydrogen-bond acceptors (Lipinski definition) is 2. The van der Waals surface area contributed by atoms with E-state index in [1.165, 1.54) is 0 Å². The summed E-state index contributed by atoms with van der Waals surface area (Å²) in [6.45, 7) is 1.53.